The Labute approximate surface area is 196 Å². The van der Waals surface area contributed by atoms with E-state index in [4.69, 9.17) is 14.6 Å². The van der Waals surface area contributed by atoms with E-state index in [0.29, 0.717) is 24.8 Å². The lowest BCUT2D eigenvalue weighted by molar-refractivity contribution is -0.147. The summed E-state index contributed by atoms with van der Waals surface area (Å²) < 4.78 is 5.74. The molecule has 0 saturated carbocycles. The fourth-order valence-corrected chi connectivity index (χ4v) is 4.95. The third kappa shape index (κ3) is 4.89. The molecule has 168 valence electrons. The van der Waals surface area contributed by atoms with Crippen LogP contribution in [-0.2, 0) is 17.8 Å². The van der Waals surface area contributed by atoms with E-state index in [-0.39, 0.29) is 11.8 Å². The smallest absolute Gasteiger partial charge is 0.309 e. The van der Waals surface area contributed by atoms with Gasteiger partial charge >= 0.3 is 5.97 Å². The van der Waals surface area contributed by atoms with Gasteiger partial charge in [0.2, 0.25) is 11.7 Å². The number of hydrogen-bond acceptors (Lipinski definition) is 6. The van der Waals surface area contributed by atoms with Crippen LogP contribution in [0.25, 0.3) is 11.4 Å². The molecule has 0 radical (unpaired) electrons. The highest BCUT2D eigenvalue weighted by Gasteiger charge is 2.32. The van der Waals surface area contributed by atoms with Gasteiger partial charge in [-0.1, -0.05) is 65.3 Å². The molecule has 4 aromatic rings. The van der Waals surface area contributed by atoms with Gasteiger partial charge in [0, 0.05) is 30.1 Å². The quantitative estimate of drug-likeness (QED) is 0.400. The number of aromatic nitrogens is 2. The predicted octanol–water partition coefficient (Wildman–Crippen LogP) is 5.00. The molecule has 1 aliphatic heterocycles. The van der Waals surface area contributed by atoms with Crippen LogP contribution >= 0.6 is 11.3 Å². The second kappa shape index (κ2) is 9.29. The minimum Gasteiger partial charge on any atom is -0.481 e. The van der Waals surface area contributed by atoms with Gasteiger partial charge < -0.3 is 9.63 Å². The predicted molar refractivity (Wildman–Crippen MR) is 127 cm³/mol. The Morgan fingerprint density at radius 2 is 1.85 bits per heavy atom. The lowest BCUT2D eigenvalue weighted by Gasteiger charge is -2.36. The molecule has 0 bridgehead atoms. The number of hydrogen-bond donors (Lipinski definition) is 1. The van der Waals surface area contributed by atoms with Crippen LogP contribution in [0.1, 0.15) is 33.4 Å². The maximum atomic E-state index is 11.0. The summed E-state index contributed by atoms with van der Waals surface area (Å²) in [5.41, 5.74) is 4.52. The van der Waals surface area contributed by atoms with E-state index in [1.807, 2.05) is 24.3 Å². The topological polar surface area (TPSA) is 79.5 Å². The third-order valence-electron chi connectivity index (χ3n) is 6.11. The molecule has 3 heterocycles. The normalized spacial score (nSPS) is 15.3. The van der Waals surface area contributed by atoms with Gasteiger partial charge in [-0.3, -0.25) is 9.69 Å². The molecule has 0 aliphatic carbocycles. The number of rotatable bonds is 8. The number of carboxylic acid groups (broad SMARTS) is 1. The Morgan fingerprint density at radius 3 is 2.52 bits per heavy atom. The van der Waals surface area contributed by atoms with Crippen LogP contribution in [0.15, 0.2) is 70.6 Å². The van der Waals surface area contributed by atoms with Crippen molar-refractivity contribution in [3.8, 4) is 11.4 Å². The molecule has 1 unspecified atom stereocenters. The van der Waals surface area contributed by atoms with Gasteiger partial charge in [-0.25, -0.2) is 0 Å². The maximum Gasteiger partial charge on any atom is 0.309 e. The molecule has 2 aromatic heterocycles. The van der Waals surface area contributed by atoms with Crippen molar-refractivity contribution in [2.24, 2.45) is 5.92 Å². The third-order valence-corrected chi connectivity index (χ3v) is 7.10. The SMILES string of the molecule is Cc1ccc(CC(c2nc(-c3ccc(CN4CC(C(=O)O)C4)cc3)no2)c2cccs2)cc1. The zero-order chi connectivity index (χ0) is 22.8. The largest absolute Gasteiger partial charge is 0.481 e. The van der Waals surface area contributed by atoms with Gasteiger partial charge in [-0.05, 0) is 35.9 Å². The Morgan fingerprint density at radius 1 is 1.12 bits per heavy atom. The molecule has 5 rings (SSSR count). The molecule has 1 aliphatic rings. The highest BCUT2D eigenvalue weighted by molar-refractivity contribution is 7.10. The van der Waals surface area contributed by atoms with Crippen molar-refractivity contribution >= 4 is 17.3 Å². The zero-order valence-electron chi connectivity index (χ0n) is 18.3. The molecule has 1 fully saturated rings. The molecule has 0 amide bonds. The van der Waals surface area contributed by atoms with E-state index in [1.54, 1.807) is 11.3 Å². The summed E-state index contributed by atoms with van der Waals surface area (Å²) >= 11 is 1.70. The summed E-state index contributed by atoms with van der Waals surface area (Å²) in [6, 6.07) is 20.8. The number of thiophene rings is 1. The molecule has 1 N–H and O–H groups in total. The van der Waals surface area contributed by atoms with E-state index < -0.39 is 5.97 Å². The standard InChI is InChI=1S/C26H25N3O3S/c1-17-4-6-18(7-5-17)13-22(23-3-2-12-33-23)25-27-24(28-32-25)20-10-8-19(9-11-20)14-29-15-21(16-29)26(30)31/h2-12,21-22H,13-16H2,1H3,(H,30,31). The first kappa shape index (κ1) is 21.6. The van der Waals surface area contributed by atoms with E-state index in [0.717, 1.165) is 24.1 Å². The van der Waals surface area contributed by atoms with Crippen molar-refractivity contribution in [3.05, 3.63) is 93.5 Å². The van der Waals surface area contributed by atoms with Crippen LogP contribution in [0.3, 0.4) is 0 Å². The molecular formula is C26H25N3O3S. The molecular weight excluding hydrogens is 434 g/mol. The number of likely N-dealkylation sites (tertiary alicyclic amines) is 1. The van der Waals surface area contributed by atoms with Gasteiger partial charge in [0.15, 0.2) is 0 Å². The average Bonchev–Trinajstić information content (AvgIpc) is 3.48. The van der Waals surface area contributed by atoms with E-state index in [2.05, 4.69) is 58.8 Å². The Hall–Kier alpha value is -3.29. The van der Waals surface area contributed by atoms with Crippen molar-refractivity contribution in [2.45, 2.75) is 25.8 Å². The highest BCUT2D eigenvalue weighted by Crippen LogP contribution is 2.32. The Bertz CT molecular complexity index is 1210. The number of nitrogens with zero attached hydrogens (tertiary/aromatic N) is 3. The fourth-order valence-electron chi connectivity index (χ4n) is 4.13. The number of carboxylic acids is 1. The van der Waals surface area contributed by atoms with Crippen LogP contribution in [0.2, 0.25) is 0 Å². The second-order valence-electron chi connectivity index (χ2n) is 8.64. The van der Waals surface area contributed by atoms with Crippen LogP contribution < -0.4 is 0 Å². The van der Waals surface area contributed by atoms with Gasteiger partial charge in [-0.15, -0.1) is 11.3 Å². The van der Waals surface area contributed by atoms with Crippen LogP contribution in [0, 0.1) is 12.8 Å². The first-order chi connectivity index (χ1) is 16.0. The highest BCUT2D eigenvalue weighted by atomic mass is 32.1. The molecule has 1 saturated heterocycles. The van der Waals surface area contributed by atoms with Gasteiger partial charge in [0.25, 0.3) is 0 Å². The minimum absolute atomic E-state index is 0.0156. The molecule has 0 spiro atoms. The summed E-state index contributed by atoms with van der Waals surface area (Å²) in [6.45, 7) is 4.05. The van der Waals surface area contributed by atoms with Crippen molar-refractivity contribution in [1.29, 1.82) is 0 Å². The lowest BCUT2D eigenvalue weighted by atomic mass is 9.97. The van der Waals surface area contributed by atoms with E-state index in [9.17, 15) is 4.79 Å². The molecule has 7 heteroatoms. The monoisotopic (exact) mass is 459 g/mol. The van der Waals surface area contributed by atoms with Crippen molar-refractivity contribution in [1.82, 2.24) is 15.0 Å². The van der Waals surface area contributed by atoms with Crippen molar-refractivity contribution in [3.63, 3.8) is 0 Å². The fraction of sp³-hybridized carbons (Fsp3) is 0.269. The van der Waals surface area contributed by atoms with Crippen molar-refractivity contribution in [2.75, 3.05) is 13.1 Å². The number of aliphatic carboxylic acids is 1. The van der Waals surface area contributed by atoms with Crippen LogP contribution in [0.4, 0.5) is 0 Å². The van der Waals surface area contributed by atoms with E-state index >= 15 is 0 Å². The minimum atomic E-state index is -0.710. The number of aryl methyl sites for hydroxylation is 1. The second-order valence-corrected chi connectivity index (χ2v) is 9.62. The summed E-state index contributed by atoms with van der Waals surface area (Å²) in [5, 5.41) is 15.4. The summed E-state index contributed by atoms with van der Waals surface area (Å²) in [6.07, 6.45) is 0.800. The summed E-state index contributed by atoms with van der Waals surface area (Å²) in [4.78, 5) is 19.1. The summed E-state index contributed by atoms with van der Waals surface area (Å²) in [7, 11) is 0. The molecule has 2 aromatic carbocycles. The lowest BCUT2D eigenvalue weighted by Crippen LogP contribution is -2.49. The van der Waals surface area contributed by atoms with E-state index in [1.165, 1.54) is 16.0 Å². The van der Waals surface area contributed by atoms with Crippen molar-refractivity contribution < 1.29 is 14.4 Å². The van der Waals surface area contributed by atoms with Gasteiger partial charge in [0.05, 0.1) is 11.8 Å². The van der Waals surface area contributed by atoms with Crippen LogP contribution in [0.5, 0.6) is 0 Å². The molecule has 6 nitrogen and oxygen atoms in total. The zero-order valence-corrected chi connectivity index (χ0v) is 19.2. The first-order valence-electron chi connectivity index (χ1n) is 11.0. The number of carbonyl (C=O) groups is 1. The average molecular weight is 460 g/mol. The molecule has 1 atom stereocenters. The first-order valence-corrected chi connectivity index (χ1v) is 11.9. The Kier molecular flexibility index (Phi) is 6.07. The Balaban J connectivity index is 1.30. The number of benzene rings is 2. The van der Waals surface area contributed by atoms with Gasteiger partial charge in [-0.2, -0.15) is 4.98 Å². The van der Waals surface area contributed by atoms with Gasteiger partial charge in [0.1, 0.15) is 0 Å². The maximum absolute atomic E-state index is 11.0. The molecule has 33 heavy (non-hydrogen) atoms. The summed E-state index contributed by atoms with van der Waals surface area (Å²) in [5.74, 6) is 0.270. The van der Waals surface area contributed by atoms with Crippen LogP contribution in [-0.4, -0.2) is 39.2 Å².